The fourth-order valence-electron chi connectivity index (χ4n) is 2.67. The predicted molar refractivity (Wildman–Crippen MR) is 130 cm³/mol. The SMILES string of the molecule is CC(C)c1ccn(C(F)F)n1.CCn1ccc(C(C)C)n1.CNCCn1ccc(C(C)C)n1. The summed E-state index contributed by atoms with van der Waals surface area (Å²) < 4.78 is 28.5. The smallest absolute Gasteiger partial charge is 0.318 e. The van der Waals surface area contributed by atoms with Gasteiger partial charge >= 0.3 is 6.55 Å². The van der Waals surface area contributed by atoms with E-state index in [0.717, 1.165) is 19.6 Å². The van der Waals surface area contributed by atoms with Crippen LogP contribution >= 0.6 is 0 Å². The molecule has 0 radical (unpaired) electrons. The van der Waals surface area contributed by atoms with Crippen LogP contribution in [0.4, 0.5) is 8.78 Å². The molecule has 9 heteroatoms. The number of alkyl halides is 2. The molecule has 7 nitrogen and oxygen atoms in total. The lowest BCUT2D eigenvalue weighted by molar-refractivity contribution is 0.0561. The van der Waals surface area contributed by atoms with E-state index in [1.165, 1.54) is 17.6 Å². The van der Waals surface area contributed by atoms with E-state index in [2.05, 4.69) is 67.4 Å². The van der Waals surface area contributed by atoms with Gasteiger partial charge in [0.15, 0.2) is 0 Å². The summed E-state index contributed by atoms with van der Waals surface area (Å²) in [5.74, 6) is 1.28. The van der Waals surface area contributed by atoms with Gasteiger partial charge in [-0.3, -0.25) is 9.36 Å². The number of hydrogen-bond acceptors (Lipinski definition) is 4. The Balaban J connectivity index is 0.000000249. The first-order chi connectivity index (χ1) is 15.6. The first kappa shape index (κ1) is 28.5. The summed E-state index contributed by atoms with van der Waals surface area (Å²) in [6.45, 7) is 14.9. The van der Waals surface area contributed by atoms with Crippen LogP contribution in [-0.2, 0) is 13.1 Å². The van der Waals surface area contributed by atoms with Crippen molar-refractivity contribution < 1.29 is 8.78 Å². The first-order valence-corrected chi connectivity index (χ1v) is 11.6. The highest BCUT2D eigenvalue weighted by Gasteiger charge is 2.08. The Kier molecular flexibility index (Phi) is 12.6. The molecule has 0 amide bonds. The molecule has 0 aliphatic carbocycles. The number of halogens is 2. The number of hydrogen-bond donors (Lipinski definition) is 1. The highest BCUT2D eigenvalue weighted by atomic mass is 19.3. The van der Waals surface area contributed by atoms with E-state index >= 15 is 0 Å². The normalized spacial score (nSPS) is 11.1. The average Bonchev–Trinajstić information content (AvgIpc) is 3.53. The molecule has 0 aromatic carbocycles. The number of rotatable bonds is 8. The summed E-state index contributed by atoms with van der Waals surface area (Å²) in [5.41, 5.74) is 3.05. The van der Waals surface area contributed by atoms with Gasteiger partial charge in [0.25, 0.3) is 0 Å². The van der Waals surface area contributed by atoms with Crippen molar-refractivity contribution in [3.8, 4) is 0 Å². The molecular formula is C24H41F2N7. The van der Waals surface area contributed by atoms with Crippen molar-refractivity contribution in [1.29, 1.82) is 0 Å². The van der Waals surface area contributed by atoms with Crippen LogP contribution in [-0.4, -0.2) is 42.9 Å². The molecule has 0 fully saturated rings. The summed E-state index contributed by atoms with van der Waals surface area (Å²) in [6.07, 6.45) is 5.35. The molecule has 3 aromatic heterocycles. The minimum absolute atomic E-state index is 0.204. The van der Waals surface area contributed by atoms with Gasteiger partial charge in [0.2, 0.25) is 0 Å². The van der Waals surface area contributed by atoms with Gasteiger partial charge in [-0.1, -0.05) is 41.5 Å². The van der Waals surface area contributed by atoms with Crippen molar-refractivity contribution >= 4 is 0 Å². The third kappa shape index (κ3) is 10.3. The molecule has 1 N–H and O–H groups in total. The molecule has 0 unspecified atom stereocenters. The van der Waals surface area contributed by atoms with Gasteiger partial charge in [-0.15, -0.1) is 0 Å². The largest absolute Gasteiger partial charge is 0.333 e. The van der Waals surface area contributed by atoms with E-state index in [1.807, 2.05) is 42.7 Å². The van der Waals surface area contributed by atoms with Crippen molar-refractivity contribution in [3.05, 3.63) is 53.9 Å². The summed E-state index contributed by atoms with van der Waals surface area (Å²) in [7, 11) is 1.95. The van der Waals surface area contributed by atoms with Crippen molar-refractivity contribution in [1.82, 2.24) is 34.7 Å². The lowest BCUT2D eigenvalue weighted by atomic mass is 10.1. The zero-order chi connectivity index (χ0) is 25.0. The fourth-order valence-corrected chi connectivity index (χ4v) is 2.67. The van der Waals surface area contributed by atoms with Gasteiger partial charge in [-0.25, -0.2) is 4.68 Å². The molecule has 0 bridgehead atoms. The maximum atomic E-state index is 11.9. The predicted octanol–water partition coefficient (Wildman–Crippen LogP) is 5.65. The van der Waals surface area contributed by atoms with E-state index in [-0.39, 0.29) is 5.92 Å². The second kappa shape index (κ2) is 14.6. The molecule has 0 saturated carbocycles. The maximum Gasteiger partial charge on any atom is 0.333 e. The van der Waals surface area contributed by atoms with E-state index < -0.39 is 6.55 Å². The standard InChI is InChI=1S/C9H17N3.C8H14N2.C7H10F2N2/c1-8(2)9-4-6-12(11-9)7-5-10-3;1-4-10-6-5-8(9-10)7(2)3;1-5(2)6-3-4-11(10-6)7(8)9/h4,6,8,10H,5,7H2,1-3H3;5-7H,4H2,1-3H3;3-5,7H,1-2H3. The van der Waals surface area contributed by atoms with Crippen LogP contribution in [0.15, 0.2) is 36.8 Å². The highest BCUT2D eigenvalue weighted by molar-refractivity contribution is 5.04. The van der Waals surface area contributed by atoms with Crippen LogP contribution in [0.1, 0.15) is 89.9 Å². The quantitative estimate of drug-likeness (QED) is 0.467. The van der Waals surface area contributed by atoms with E-state index in [9.17, 15) is 8.78 Å². The Bertz CT molecular complexity index is 872. The second-order valence-electron chi connectivity index (χ2n) is 8.67. The minimum atomic E-state index is -2.53. The minimum Gasteiger partial charge on any atom is -0.318 e. The first-order valence-electron chi connectivity index (χ1n) is 11.6. The van der Waals surface area contributed by atoms with Gasteiger partial charge in [0, 0.05) is 31.7 Å². The summed E-state index contributed by atoms with van der Waals surface area (Å²) in [4.78, 5) is 0. The van der Waals surface area contributed by atoms with Crippen LogP contribution in [0.3, 0.4) is 0 Å². The topological polar surface area (TPSA) is 65.5 Å². The maximum absolute atomic E-state index is 11.9. The molecule has 0 aliphatic rings. The second-order valence-corrected chi connectivity index (χ2v) is 8.67. The molecular weight excluding hydrogens is 424 g/mol. The van der Waals surface area contributed by atoms with Crippen molar-refractivity contribution in [3.63, 3.8) is 0 Å². The molecule has 3 aromatic rings. The lowest BCUT2D eigenvalue weighted by Crippen LogP contribution is -2.15. The zero-order valence-electron chi connectivity index (χ0n) is 21.3. The van der Waals surface area contributed by atoms with E-state index in [4.69, 9.17) is 0 Å². The van der Waals surface area contributed by atoms with Crippen LogP contribution in [0.25, 0.3) is 0 Å². The third-order valence-corrected chi connectivity index (χ3v) is 4.84. The van der Waals surface area contributed by atoms with Gasteiger partial charge < -0.3 is 5.32 Å². The summed E-state index contributed by atoms with van der Waals surface area (Å²) in [6, 6.07) is 5.77. The van der Waals surface area contributed by atoms with Crippen LogP contribution in [0.5, 0.6) is 0 Å². The Morgan fingerprint density at radius 1 is 0.758 bits per heavy atom. The fraction of sp³-hybridized carbons (Fsp3) is 0.625. The monoisotopic (exact) mass is 465 g/mol. The summed E-state index contributed by atoms with van der Waals surface area (Å²) >= 11 is 0. The van der Waals surface area contributed by atoms with E-state index in [0.29, 0.717) is 22.2 Å². The molecule has 0 spiro atoms. The summed E-state index contributed by atoms with van der Waals surface area (Å²) in [5, 5.41) is 15.5. The van der Waals surface area contributed by atoms with Crippen LogP contribution in [0.2, 0.25) is 0 Å². The lowest BCUT2D eigenvalue weighted by Gasteiger charge is -2.00. The molecule has 0 saturated heterocycles. The molecule has 0 aliphatic heterocycles. The number of nitrogens with zero attached hydrogens (tertiary/aromatic N) is 6. The zero-order valence-corrected chi connectivity index (χ0v) is 21.3. The highest BCUT2D eigenvalue weighted by Crippen LogP contribution is 2.14. The van der Waals surface area contributed by atoms with E-state index in [1.54, 1.807) is 6.07 Å². The Labute approximate surface area is 197 Å². The molecule has 3 rings (SSSR count). The van der Waals surface area contributed by atoms with Crippen LogP contribution in [0, 0.1) is 0 Å². The number of aromatic nitrogens is 6. The van der Waals surface area contributed by atoms with Gasteiger partial charge in [0.1, 0.15) is 0 Å². The number of aryl methyl sites for hydroxylation is 1. The van der Waals surface area contributed by atoms with Gasteiger partial charge in [0.05, 0.1) is 23.6 Å². The number of nitrogens with one attached hydrogen (secondary N) is 1. The Hall–Kier alpha value is -2.55. The third-order valence-electron chi connectivity index (χ3n) is 4.84. The van der Waals surface area contributed by atoms with Gasteiger partial charge in [-0.05, 0) is 49.9 Å². The number of likely N-dealkylation sites (N-methyl/N-ethyl adjacent to an activating group) is 1. The Morgan fingerprint density at radius 3 is 1.55 bits per heavy atom. The van der Waals surface area contributed by atoms with Crippen molar-refractivity contribution in [2.75, 3.05) is 13.6 Å². The molecule has 3 heterocycles. The van der Waals surface area contributed by atoms with Crippen molar-refractivity contribution in [2.45, 2.75) is 85.9 Å². The average molecular weight is 466 g/mol. The van der Waals surface area contributed by atoms with Gasteiger partial charge in [-0.2, -0.15) is 24.1 Å². The van der Waals surface area contributed by atoms with Crippen LogP contribution < -0.4 is 5.32 Å². The molecule has 186 valence electrons. The molecule has 0 atom stereocenters. The van der Waals surface area contributed by atoms with Crippen molar-refractivity contribution in [2.24, 2.45) is 0 Å². The molecule has 33 heavy (non-hydrogen) atoms. The Morgan fingerprint density at radius 2 is 1.21 bits per heavy atom.